The van der Waals surface area contributed by atoms with Gasteiger partial charge in [-0.1, -0.05) is 13.3 Å². The first kappa shape index (κ1) is 24.5. The molecule has 0 saturated carbocycles. The van der Waals surface area contributed by atoms with E-state index in [1.807, 2.05) is 74.5 Å². The number of aromatic nitrogens is 3. The summed E-state index contributed by atoms with van der Waals surface area (Å²) in [6, 6.07) is 7.88. The molecule has 178 valence electrons. The first-order valence-electron chi connectivity index (χ1n) is 10.9. The molecule has 0 aliphatic carbocycles. The molecule has 0 atom stereocenters. The van der Waals surface area contributed by atoms with E-state index in [9.17, 15) is 13.2 Å². The lowest BCUT2D eigenvalue weighted by Crippen LogP contribution is -2.39. The second-order valence-corrected chi connectivity index (χ2v) is 9.57. The average Bonchev–Trinajstić information content (AvgIpc) is 3.24. The van der Waals surface area contributed by atoms with E-state index in [4.69, 9.17) is 4.74 Å². The van der Waals surface area contributed by atoms with Gasteiger partial charge in [0.25, 0.3) is 5.91 Å². The van der Waals surface area contributed by atoms with Crippen molar-refractivity contribution in [1.29, 1.82) is 0 Å². The lowest BCUT2D eigenvalue weighted by Gasteiger charge is -2.12. The van der Waals surface area contributed by atoms with E-state index in [1.165, 1.54) is 6.08 Å². The highest BCUT2D eigenvalue weighted by atomic mass is 32.2. The molecular formula is C23H31N5O4S. The highest BCUT2D eigenvalue weighted by Gasteiger charge is 2.17. The smallest absolute Gasteiger partial charge is 0.301 e. The van der Waals surface area contributed by atoms with E-state index in [1.54, 1.807) is 10.8 Å². The summed E-state index contributed by atoms with van der Waals surface area (Å²) in [5.74, 6) is 0.768. The van der Waals surface area contributed by atoms with Crippen molar-refractivity contribution in [2.75, 3.05) is 6.54 Å². The van der Waals surface area contributed by atoms with E-state index >= 15 is 0 Å². The van der Waals surface area contributed by atoms with Gasteiger partial charge in [-0.25, -0.2) is 4.72 Å². The molecule has 0 bridgehead atoms. The molecule has 1 aromatic carbocycles. The number of carbonyl (C=O) groups is 1. The predicted molar refractivity (Wildman–Crippen MR) is 130 cm³/mol. The van der Waals surface area contributed by atoms with Crippen LogP contribution < -0.4 is 14.2 Å². The number of fused-ring (bicyclic) bond motifs is 1. The number of ether oxygens (including phenoxy) is 1. The van der Waals surface area contributed by atoms with E-state index < -0.39 is 16.1 Å². The molecule has 2 heterocycles. The number of carbonyl (C=O) groups excluding carboxylic acids is 1. The third-order valence-corrected chi connectivity index (χ3v) is 6.01. The summed E-state index contributed by atoms with van der Waals surface area (Å²) < 4.78 is 37.9. The Balaban J connectivity index is 1.91. The van der Waals surface area contributed by atoms with Gasteiger partial charge in [-0.2, -0.15) is 18.2 Å². The topological polar surface area (TPSA) is 107 Å². The Morgan fingerprint density at radius 2 is 2.03 bits per heavy atom. The number of rotatable bonds is 10. The zero-order valence-corrected chi connectivity index (χ0v) is 20.4. The fourth-order valence-corrected chi connectivity index (χ4v) is 4.34. The van der Waals surface area contributed by atoms with Crippen LogP contribution in [0.4, 0.5) is 0 Å². The molecular weight excluding hydrogens is 442 g/mol. The summed E-state index contributed by atoms with van der Waals surface area (Å²) in [5, 5.41) is 5.53. The number of hydrogen-bond acceptors (Lipinski definition) is 5. The van der Waals surface area contributed by atoms with Crippen molar-refractivity contribution in [3.05, 3.63) is 47.8 Å². The maximum absolute atomic E-state index is 12.3. The number of amides is 1. The molecule has 0 fully saturated rings. The highest BCUT2D eigenvalue weighted by molar-refractivity contribution is 7.88. The van der Waals surface area contributed by atoms with Crippen LogP contribution in [0.5, 0.6) is 5.75 Å². The minimum atomic E-state index is -3.90. The van der Waals surface area contributed by atoms with Crippen molar-refractivity contribution in [3.63, 3.8) is 0 Å². The molecule has 2 N–H and O–H groups in total. The van der Waals surface area contributed by atoms with Crippen LogP contribution in [0, 0.1) is 6.92 Å². The molecule has 33 heavy (non-hydrogen) atoms. The number of nitrogens with one attached hydrogen (secondary N) is 2. The maximum Gasteiger partial charge on any atom is 0.301 e. The van der Waals surface area contributed by atoms with Crippen LogP contribution >= 0.6 is 0 Å². The van der Waals surface area contributed by atoms with E-state index in [0.717, 1.165) is 28.9 Å². The van der Waals surface area contributed by atoms with Crippen molar-refractivity contribution in [1.82, 2.24) is 23.8 Å². The quantitative estimate of drug-likeness (QED) is 0.347. The predicted octanol–water partition coefficient (Wildman–Crippen LogP) is 3.22. The van der Waals surface area contributed by atoms with Crippen LogP contribution in [0.1, 0.15) is 44.9 Å². The monoisotopic (exact) mass is 473 g/mol. The normalized spacial score (nSPS) is 12.2. The largest absolute Gasteiger partial charge is 0.491 e. The molecule has 0 aliphatic heterocycles. The van der Waals surface area contributed by atoms with Gasteiger partial charge in [0.15, 0.2) is 0 Å². The molecule has 3 aromatic rings. The van der Waals surface area contributed by atoms with Crippen LogP contribution in [-0.4, -0.2) is 41.3 Å². The molecule has 0 saturated heterocycles. The van der Waals surface area contributed by atoms with Crippen molar-refractivity contribution in [2.45, 2.75) is 46.6 Å². The Bertz CT molecular complexity index is 1270. The molecule has 0 radical (unpaired) electrons. The van der Waals surface area contributed by atoms with Gasteiger partial charge >= 0.3 is 10.2 Å². The zero-order valence-electron chi connectivity index (χ0n) is 19.6. The van der Waals surface area contributed by atoms with Crippen molar-refractivity contribution < 1.29 is 17.9 Å². The Morgan fingerprint density at radius 1 is 1.27 bits per heavy atom. The fourth-order valence-electron chi connectivity index (χ4n) is 3.53. The van der Waals surface area contributed by atoms with Crippen LogP contribution in [0.2, 0.25) is 0 Å². The van der Waals surface area contributed by atoms with Gasteiger partial charge < -0.3 is 9.30 Å². The summed E-state index contributed by atoms with van der Waals surface area (Å²) in [6.07, 6.45) is 6.30. The molecule has 0 aliphatic rings. The van der Waals surface area contributed by atoms with Gasteiger partial charge in [-0.3, -0.25) is 9.48 Å². The highest BCUT2D eigenvalue weighted by Crippen LogP contribution is 2.28. The van der Waals surface area contributed by atoms with Gasteiger partial charge in [0.05, 0.1) is 17.3 Å². The Morgan fingerprint density at radius 3 is 2.73 bits per heavy atom. The number of unbranched alkanes of at least 4 members (excludes halogenated alkanes) is 1. The second kappa shape index (κ2) is 10.2. The van der Waals surface area contributed by atoms with Gasteiger partial charge in [0, 0.05) is 42.9 Å². The first-order chi connectivity index (χ1) is 15.6. The summed E-state index contributed by atoms with van der Waals surface area (Å²) in [7, 11) is -2.08. The standard InChI is InChI=1S/C23H31N5O4S/c1-6-7-13-24-33(30,31)26-22(29)11-10-20-17(4)25-27(5)23(20)28-14-12-18-8-9-19(15-21(18)28)32-16(2)3/h8-12,14-16,24H,6-7,13H2,1-5H3,(H,26,29). The first-order valence-corrected chi connectivity index (χ1v) is 12.4. The summed E-state index contributed by atoms with van der Waals surface area (Å²) in [6.45, 7) is 8.01. The average molecular weight is 474 g/mol. The minimum Gasteiger partial charge on any atom is -0.491 e. The molecule has 10 heteroatoms. The second-order valence-electron chi connectivity index (χ2n) is 8.07. The maximum atomic E-state index is 12.3. The van der Waals surface area contributed by atoms with Crippen LogP contribution in [0.25, 0.3) is 22.8 Å². The van der Waals surface area contributed by atoms with Crippen molar-refractivity contribution in [3.8, 4) is 11.6 Å². The lowest BCUT2D eigenvalue weighted by molar-refractivity contribution is -0.114. The summed E-state index contributed by atoms with van der Waals surface area (Å²) >= 11 is 0. The number of hydrogen-bond donors (Lipinski definition) is 2. The summed E-state index contributed by atoms with van der Waals surface area (Å²) in [5.41, 5.74) is 2.34. The molecule has 2 aromatic heterocycles. The Hall–Kier alpha value is -3.11. The van der Waals surface area contributed by atoms with E-state index in [0.29, 0.717) is 17.7 Å². The van der Waals surface area contributed by atoms with Crippen molar-refractivity contribution >= 4 is 33.1 Å². The number of aryl methyl sites for hydroxylation is 2. The lowest BCUT2D eigenvalue weighted by atomic mass is 10.2. The van der Waals surface area contributed by atoms with Gasteiger partial charge in [0.1, 0.15) is 11.6 Å². The summed E-state index contributed by atoms with van der Waals surface area (Å²) in [4.78, 5) is 12.3. The van der Waals surface area contributed by atoms with Crippen LogP contribution in [-0.2, 0) is 22.1 Å². The van der Waals surface area contributed by atoms with Crippen LogP contribution in [0.3, 0.4) is 0 Å². The zero-order chi connectivity index (χ0) is 24.2. The van der Waals surface area contributed by atoms with Crippen LogP contribution in [0.15, 0.2) is 36.5 Å². The van der Waals surface area contributed by atoms with Gasteiger partial charge in [-0.05, 0) is 51.5 Å². The van der Waals surface area contributed by atoms with Crippen molar-refractivity contribution in [2.24, 2.45) is 7.05 Å². The van der Waals surface area contributed by atoms with Gasteiger partial charge in [0.2, 0.25) is 0 Å². The number of benzene rings is 1. The van der Waals surface area contributed by atoms with E-state index in [2.05, 4.69) is 9.82 Å². The molecule has 3 rings (SSSR count). The Kier molecular flexibility index (Phi) is 7.60. The minimum absolute atomic E-state index is 0.0505. The number of nitrogens with zero attached hydrogens (tertiary/aromatic N) is 3. The molecule has 0 spiro atoms. The molecule has 0 unspecified atom stereocenters. The molecule has 1 amide bonds. The third kappa shape index (κ3) is 6.02. The van der Waals surface area contributed by atoms with E-state index in [-0.39, 0.29) is 12.6 Å². The SMILES string of the molecule is CCCCNS(=O)(=O)NC(=O)C=Cc1c(C)nn(C)c1-n1ccc2ccc(OC(C)C)cc21. The third-order valence-electron chi connectivity index (χ3n) is 4.96. The Labute approximate surface area is 194 Å². The fraction of sp³-hybridized carbons (Fsp3) is 0.391. The molecule has 9 nitrogen and oxygen atoms in total. The van der Waals surface area contributed by atoms with Gasteiger partial charge in [-0.15, -0.1) is 0 Å².